The third-order valence-electron chi connectivity index (χ3n) is 3.23. The number of rotatable bonds is 3. The molecule has 0 saturated carbocycles. The van der Waals surface area contributed by atoms with Gasteiger partial charge in [0.25, 0.3) is 0 Å². The van der Waals surface area contributed by atoms with Crippen LogP contribution in [0, 0.1) is 18.6 Å². The molecule has 0 saturated heterocycles. The first-order valence-electron chi connectivity index (χ1n) is 6.85. The van der Waals surface area contributed by atoms with Gasteiger partial charge in [-0.05, 0) is 42.8 Å². The summed E-state index contributed by atoms with van der Waals surface area (Å²) in [7, 11) is 0. The van der Waals surface area contributed by atoms with E-state index < -0.39 is 0 Å². The van der Waals surface area contributed by atoms with E-state index in [9.17, 15) is 8.78 Å². The standard InChI is InChI=1S/C17H12ClF2N3/c1-10-7-13(20)5-6-14(10)21-16-9-15(18)22-17(23-16)11-3-2-4-12(19)8-11/h2-9H,1H3,(H,21,22,23). The van der Waals surface area contributed by atoms with Crippen LogP contribution in [-0.2, 0) is 0 Å². The maximum absolute atomic E-state index is 13.4. The molecule has 0 amide bonds. The van der Waals surface area contributed by atoms with Crippen molar-refractivity contribution in [1.29, 1.82) is 0 Å². The first-order valence-corrected chi connectivity index (χ1v) is 7.23. The molecule has 1 N–H and O–H groups in total. The molecule has 1 aromatic heterocycles. The van der Waals surface area contributed by atoms with Crippen LogP contribution in [0.2, 0.25) is 5.15 Å². The molecule has 0 aliphatic rings. The summed E-state index contributed by atoms with van der Waals surface area (Å²) in [5, 5.41) is 3.29. The summed E-state index contributed by atoms with van der Waals surface area (Å²) in [6.45, 7) is 1.78. The van der Waals surface area contributed by atoms with E-state index in [1.807, 2.05) is 0 Å². The molecule has 3 rings (SSSR count). The molecular weight excluding hydrogens is 320 g/mol. The third-order valence-corrected chi connectivity index (χ3v) is 3.42. The van der Waals surface area contributed by atoms with Gasteiger partial charge in [-0.3, -0.25) is 0 Å². The highest BCUT2D eigenvalue weighted by atomic mass is 35.5. The average molecular weight is 332 g/mol. The molecule has 0 aliphatic carbocycles. The van der Waals surface area contributed by atoms with Crippen molar-refractivity contribution in [2.24, 2.45) is 0 Å². The van der Waals surface area contributed by atoms with Crippen molar-refractivity contribution in [2.45, 2.75) is 6.92 Å². The Kier molecular flexibility index (Phi) is 4.21. The van der Waals surface area contributed by atoms with Gasteiger partial charge < -0.3 is 5.32 Å². The summed E-state index contributed by atoms with van der Waals surface area (Å²) in [6, 6.07) is 11.9. The van der Waals surface area contributed by atoms with Gasteiger partial charge in [-0.1, -0.05) is 23.7 Å². The van der Waals surface area contributed by atoms with Crippen LogP contribution in [0.4, 0.5) is 20.3 Å². The van der Waals surface area contributed by atoms with Crippen LogP contribution < -0.4 is 5.32 Å². The zero-order valence-corrected chi connectivity index (χ0v) is 12.9. The van der Waals surface area contributed by atoms with Crippen LogP contribution in [0.1, 0.15) is 5.56 Å². The van der Waals surface area contributed by atoms with Crippen LogP contribution in [0.5, 0.6) is 0 Å². The highest BCUT2D eigenvalue weighted by Gasteiger charge is 2.08. The Morgan fingerprint density at radius 3 is 2.48 bits per heavy atom. The summed E-state index contributed by atoms with van der Waals surface area (Å²) in [5.74, 6) is 0.0578. The maximum atomic E-state index is 13.4. The number of anilines is 2. The summed E-state index contributed by atoms with van der Waals surface area (Å²) < 4.78 is 26.5. The van der Waals surface area contributed by atoms with Crippen molar-refractivity contribution in [3.63, 3.8) is 0 Å². The first-order chi connectivity index (χ1) is 11.0. The Morgan fingerprint density at radius 2 is 1.74 bits per heavy atom. The lowest BCUT2D eigenvalue weighted by atomic mass is 10.2. The normalized spacial score (nSPS) is 10.6. The zero-order valence-electron chi connectivity index (χ0n) is 12.1. The second kappa shape index (κ2) is 6.30. The molecule has 23 heavy (non-hydrogen) atoms. The van der Waals surface area contributed by atoms with Crippen molar-refractivity contribution in [2.75, 3.05) is 5.32 Å². The van der Waals surface area contributed by atoms with E-state index in [1.54, 1.807) is 31.2 Å². The van der Waals surface area contributed by atoms with Gasteiger partial charge in [0.15, 0.2) is 5.82 Å². The van der Waals surface area contributed by atoms with Gasteiger partial charge in [-0.25, -0.2) is 18.7 Å². The van der Waals surface area contributed by atoms with Crippen LogP contribution in [0.3, 0.4) is 0 Å². The Bertz CT molecular complexity index is 868. The van der Waals surface area contributed by atoms with Crippen LogP contribution in [0.25, 0.3) is 11.4 Å². The van der Waals surface area contributed by atoms with Crippen LogP contribution >= 0.6 is 11.6 Å². The predicted octanol–water partition coefficient (Wildman–Crippen LogP) is 5.13. The average Bonchev–Trinajstić information content (AvgIpc) is 2.50. The number of aromatic nitrogens is 2. The van der Waals surface area contributed by atoms with Gasteiger partial charge in [0.05, 0.1) is 0 Å². The molecule has 0 fully saturated rings. The van der Waals surface area contributed by atoms with Gasteiger partial charge in [0.2, 0.25) is 0 Å². The number of aryl methyl sites for hydroxylation is 1. The quantitative estimate of drug-likeness (QED) is 0.676. The van der Waals surface area contributed by atoms with Gasteiger partial charge in [0.1, 0.15) is 22.6 Å². The minimum absolute atomic E-state index is 0.224. The highest BCUT2D eigenvalue weighted by molar-refractivity contribution is 6.29. The van der Waals surface area contributed by atoms with Gasteiger partial charge in [0, 0.05) is 17.3 Å². The van der Waals surface area contributed by atoms with Crippen molar-refractivity contribution < 1.29 is 8.78 Å². The lowest BCUT2D eigenvalue weighted by molar-refractivity contribution is 0.627. The van der Waals surface area contributed by atoms with Crippen molar-refractivity contribution in [1.82, 2.24) is 9.97 Å². The molecule has 6 heteroatoms. The fourth-order valence-corrected chi connectivity index (χ4v) is 2.33. The molecule has 0 spiro atoms. The second-order valence-corrected chi connectivity index (χ2v) is 5.38. The van der Waals surface area contributed by atoms with Crippen molar-refractivity contribution in [3.8, 4) is 11.4 Å². The molecule has 0 bridgehead atoms. The molecule has 2 aromatic carbocycles. The fourth-order valence-electron chi connectivity index (χ4n) is 2.14. The van der Waals surface area contributed by atoms with Crippen LogP contribution in [0.15, 0.2) is 48.5 Å². The second-order valence-electron chi connectivity index (χ2n) is 4.99. The van der Waals surface area contributed by atoms with E-state index in [0.717, 1.165) is 5.56 Å². The summed E-state index contributed by atoms with van der Waals surface area (Å²) in [5.41, 5.74) is 1.95. The molecule has 3 nitrogen and oxygen atoms in total. The van der Waals surface area contributed by atoms with E-state index in [0.29, 0.717) is 22.9 Å². The molecule has 0 atom stereocenters. The number of hydrogen-bond donors (Lipinski definition) is 1. The van der Waals surface area contributed by atoms with Gasteiger partial charge >= 0.3 is 0 Å². The largest absolute Gasteiger partial charge is 0.340 e. The Balaban J connectivity index is 1.97. The lowest BCUT2D eigenvalue weighted by Crippen LogP contribution is -1.99. The number of halogens is 3. The summed E-state index contributed by atoms with van der Waals surface area (Å²) >= 11 is 6.03. The number of nitrogens with zero attached hydrogens (tertiary/aromatic N) is 2. The first kappa shape index (κ1) is 15.4. The number of benzene rings is 2. The SMILES string of the molecule is Cc1cc(F)ccc1Nc1cc(Cl)nc(-c2cccc(F)c2)n1. The Labute approximate surface area is 137 Å². The molecule has 116 valence electrons. The van der Waals surface area contributed by atoms with E-state index in [1.165, 1.54) is 24.3 Å². The van der Waals surface area contributed by atoms with Gasteiger partial charge in [-0.15, -0.1) is 0 Å². The maximum Gasteiger partial charge on any atom is 0.163 e. The fraction of sp³-hybridized carbons (Fsp3) is 0.0588. The number of nitrogens with one attached hydrogen (secondary N) is 1. The molecule has 0 aliphatic heterocycles. The lowest BCUT2D eigenvalue weighted by Gasteiger charge is -2.10. The van der Waals surface area contributed by atoms with E-state index in [4.69, 9.17) is 11.6 Å². The number of hydrogen-bond acceptors (Lipinski definition) is 3. The topological polar surface area (TPSA) is 37.8 Å². The minimum Gasteiger partial charge on any atom is -0.340 e. The summed E-state index contributed by atoms with van der Waals surface area (Å²) in [4.78, 5) is 8.45. The van der Waals surface area contributed by atoms with Crippen LogP contribution in [-0.4, -0.2) is 9.97 Å². The van der Waals surface area contributed by atoms with Gasteiger partial charge in [-0.2, -0.15) is 0 Å². The predicted molar refractivity (Wildman–Crippen MR) is 86.9 cm³/mol. The van der Waals surface area contributed by atoms with E-state index in [-0.39, 0.29) is 16.8 Å². The molecule has 0 radical (unpaired) electrons. The van der Waals surface area contributed by atoms with E-state index >= 15 is 0 Å². The zero-order chi connectivity index (χ0) is 16.4. The monoisotopic (exact) mass is 331 g/mol. The Morgan fingerprint density at radius 1 is 0.957 bits per heavy atom. The highest BCUT2D eigenvalue weighted by Crippen LogP contribution is 2.25. The molecule has 0 unspecified atom stereocenters. The smallest absolute Gasteiger partial charge is 0.163 e. The molecule has 1 heterocycles. The molecule has 3 aromatic rings. The third kappa shape index (κ3) is 3.63. The Hall–Kier alpha value is -2.53. The van der Waals surface area contributed by atoms with E-state index in [2.05, 4.69) is 15.3 Å². The van der Waals surface area contributed by atoms with Crippen molar-refractivity contribution in [3.05, 3.63) is 70.9 Å². The van der Waals surface area contributed by atoms with Crippen molar-refractivity contribution >= 4 is 23.1 Å². The molecular formula is C17H12ClF2N3. The summed E-state index contributed by atoms with van der Waals surface area (Å²) in [6.07, 6.45) is 0. The minimum atomic E-state index is -0.380.